The number of hydrogen-bond donors (Lipinski definition) is 1. The molecule has 1 amide bonds. The van der Waals surface area contributed by atoms with Crippen LogP contribution in [0.2, 0.25) is 0 Å². The summed E-state index contributed by atoms with van der Waals surface area (Å²) in [5.41, 5.74) is 1.24. The van der Waals surface area contributed by atoms with Gasteiger partial charge in [0.25, 0.3) is 5.91 Å². The quantitative estimate of drug-likeness (QED) is 0.744. The minimum absolute atomic E-state index is 0.193. The molecule has 0 aliphatic heterocycles. The van der Waals surface area contributed by atoms with E-state index in [4.69, 9.17) is 14.2 Å². The highest BCUT2D eigenvalue weighted by Gasteiger charge is 2.09. The molecular weight excluding hydrogens is 362 g/mol. The second kappa shape index (κ2) is 8.55. The minimum Gasteiger partial charge on any atom is -0.496 e. The largest absolute Gasteiger partial charge is 0.496 e. The molecule has 0 spiro atoms. The van der Waals surface area contributed by atoms with E-state index >= 15 is 0 Å². The van der Waals surface area contributed by atoms with E-state index < -0.39 is 0 Å². The maximum Gasteiger partial charge on any atom is 0.255 e. The van der Waals surface area contributed by atoms with Crippen molar-refractivity contribution in [2.75, 3.05) is 32.8 Å². The van der Waals surface area contributed by atoms with E-state index in [0.29, 0.717) is 30.2 Å². The average Bonchev–Trinajstić information content (AvgIpc) is 2.56. The Morgan fingerprint density at radius 2 is 1.83 bits per heavy atom. The van der Waals surface area contributed by atoms with Crippen LogP contribution in [0.4, 0.5) is 5.69 Å². The number of anilines is 1. The number of ether oxygens (including phenoxy) is 3. The molecule has 2 aromatic carbocycles. The first-order valence-electron chi connectivity index (χ1n) is 7.00. The van der Waals surface area contributed by atoms with Crippen molar-refractivity contribution >= 4 is 27.5 Å². The number of benzene rings is 2. The molecule has 1 N–H and O–H groups in total. The highest BCUT2D eigenvalue weighted by atomic mass is 79.9. The topological polar surface area (TPSA) is 56.8 Å². The van der Waals surface area contributed by atoms with E-state index in [1.54, 1.807) is 56.7 Å². The molecule has 0 aromatic heterocycles. The van der Waals surface area contributed by atoms with Gasteiger partial charge in [-0.25, -0.2) is 0 Å². The lowest BCUT2D eigenvalue weighted by atomic mass is 10.2. The first-order chi connectivity index (χ1) is 11.1. The number of carbonyl (C=O) groups excluding carboxylic acids is 1. The Labute approximate surface area is 143 Å². The number of amides is 1. The van der Waals surface area contributed by atoms with Gasteiger partial charge in [0.15, 0.2) is 0 Å². The lowest BCUT2D eigenvalue weighted by Crippen LogP contribution is -2.12. The Balaban J connectivity index is 1.98. The van der Waals surface area contributed by atoms with Crippen LogP contribution >= 0.6 is 15.9 Å². The average molecular weight is 380 g/mol. The van der Waals surface area contributed by atoms with Crippen LogP contribution < -0.4 is 14.8 Å². The van der Waals surface area contributed by atoms with Crippen molar-refractivity contribution in [3.8, 4) is 11.5 Å². The summed E-state index contributed by atoms with van der Waals surface area (Å²) in [4.78, 5) is 12.2. The van der Waals surface area contributed by atoms with E-state index in [9.17, 15) is 4.79 Å². The molecule has 0 saturated heterocycles. The number of hydrogen-bond acceptors (Lipinski definition) is 4. The number of carbonyl (C=O) groups is 1. The molecule has 0 saturated carbocycles. The van der Waals surface area contributed by atoms with Gasteiger partial charge in [0.1, 0.15) is 18.1 Å². The van der Waals surface area contributed by atoms with Crippen molar-refractivity contribution < 1.29 is 19.0 Å². The zero-order chi connectivity index (χ0) is 16.7. The van der Waals surface area contributed by atoms with Gasteiger partial charge in [0.2, 0.25) is 0 Å². The first kappa shape index (κ1) is 17.3. The molecule has 0 aliphatic carbocycles. The first-order valence-corrected chi connectivity index (χ1v) is 7.80. The molecule has 0 fully saturated rings. The molecule has 122 valence electrons. The standard InChI is InChI=1S/C17H18BrNO4/c1-21-9-10-23-14-6-4-13(5-7-14)19-17(20)12-3-8-16(22-2)15(18)11-12/h3-8,11H,9-10H2,1-2H3,(H,19,20). The zero-order valence-corrected chi connectivity index (χ0v) is 14.6. The molecule has 6 heteroatoms. The van der Waals surface area contributed by atoms with Crippen molar-refractivity contribution in [2.24, 2.45) is 0 Å². The van der Waals surface area contributed by atoms with E-state index in [0.717, 1.165) is 10.2 Å². The maximum atomic E-state index is 12.2. The van der Waals surface area contributed by atoms with Crippen LogP contribution in [0, 0.1) is 0 Å². The lowest BCUT2D eigenvalue weighted by molar-refractivity contribution is 0.102. The highest BCUT2D eigenvalue weighted by Crippen LogP contribution is 2.26. The predicted molar refractivity (Wildman–Crippen MR) is 92.5 cm³/mol. The van der Waals surface area contributed by atoms with Crippen LogP contribution in [0.15, 0.2) is 46.9 Å². The van der Waals surface area contributed by atoms with Crippen molar-refractivity contribution in [2.45, 2.75) is 0 Å². The van der Waals surface area contributed by atoms with Crippen molar-refractivity contribution in [1.29, 1.82) is 0 Å². The molecule has 0 atom stereocenters. The highest BCUT2D eigenvalue weighted by molar-refractivity contribution is 9.10. The second-order valence-electron chi connectivity index (χ2n) is 4.67. The molecule has 2 rings (SSSR count). The molecule has 0 heterocycles. The predicted octanol–water partition coefficient (Wildman–Crippen LogP) is 3.74. The zero-order valence-electron chi connectivity index (χ0n) is 13.0. The molecule has 0 radical (unpaired) electrons. The summed E-state index contributed by atoms with van der Waals surface area (Å²) in [7, 11) is 3.20. The number of nitrogens with one attached hydrogen (secondary N) is 1. The van der Waals surface area contributed by atoms with E-state index in [-0.39, 0.29) is 5.91 Å². The van der Waals surface area contributed by atoms with Crippen LogP contribution in [0.3, 0.4) is 0 Å². The van der Waals surface area contributed by atoms with Gasteiger partial charge in [-0.2, -0.15) is 0 Å². The molecule has 23 heavy (non-hydrogen) atoms. The third kappa shape index (κ3) is 4.97. The summed E-state index contributed by atoms with van der Waals surface area (Å²) in [5.74, 6) is 1.22. The van der Waals surface area contributed by atoms with Crippen LogP contribution in [-0.4, -0.2) is 33.3 Å². The Morgan fingerprint density at radius 1 is 1.09 bits per heavy atom. The fraction of sp³-hybridized carbons (Fsp3) is 0.235. The summed E-state index contributed by atoms with van der Waals surface area (Å²) in [6.45, 7) is 1.02. The fourth-order valence-electron chi connectivity index (χ4n) is 1.89. The van der Waals surface area contributed by atoms with Gasteiger partial charge in [-0.1, -0.05) is 0 Å². The number of methoxy groups -OCH3 is 2. The van der Waals surface area contributed by atoms with Crippen LogP contribution in [-0.2, 0) is 4.74 Å². The fourth-order valence-corrected chi connectivity index (χ4v) is 2.43. The maximum absolute atomic E-state index is 12.2. The monoisotopic (exact) mass is 379 g/mol. The van der Waals surface area contributed by atoms with E-state index in [2.05, 4.69) is 21.2 Å². The second-order valence-corrected chi connectivity index (χ2v) is 5.52. The van der Waals surface area contributed by atoms with Gasteiger partial charge < -0.3 is 19.5 Å². The molecule has 5 nitrogen and oxygen atoms in total. The normalized spacial score (nSPS) is 10.2. The summed E-state index contributed by atoms with van der Waals surface area (Å²) in [6, 6.07) is 12.4. The number of rotatable bonds is 7. The van der Waals surface area contributed by atoms with Gasteiger partial charge in [-0.05, 0) is 58.4 Å². The molecular formula is C17H18BrNO4. The molecule has 0 bridgehead atoms. The van der Waals surface area contributed by atoms with Gasteiger partial charge in [-0.15, -0.1) is 0 Å². The Kier molecular flexibility index (Phi) is 6.43. The van der Waals surface area contributed by atoms with Crippen molar-refractivity contribution in [3.63, 3.8) is 0 Å². The van der Waals surface area contributed by atoms with Gasteiger partial charge >= 0.3 is 0 Å². The molecule has 2 aromatic rings. The Hall–Kier alpha value is -2.05. The third-order valence-corrected chi connectivity index (χ3v) is 3.70. The van der Waals surface area contributed by atoms with E-state index in [1.807, 2.05) is 0 Å². The van der Waals surface area contributed by atoms with Crippen LogP contribution in [0.5, 0.6) is 11.5 Å². The van der Waals surface area contributed by atoms with Crippen molar-refractivity contribution in [3.05, 3.63) is 52.5 Å². The summed E-state index contributed by atoms with van der Waals surface area (Å²) < 4.78 is 16.3. The van der Waals surface area contributed by atoms with Crippen LogP contribution in [0.25, 0.3) is 0 Å². The van der Waals surface area contributed by atoms with E-state index in [1.165, 1.54) is 0 Å². The van der Waals surface area contributed by atoms with Gasteiger partial charge in [0, 0.05) is 18.4 Å². The summed E-state index contributed by atoms with van der Waals surface area (Å²) >= 11 is 3.37. The SMILES string of the molecule is COCCOc1ccc(NC(=O)c2ccc(OC)c(Br)c2)cc1. The summed E-state index contributed by atoms with van der Waals surface area (Å²) in [5, 5.41) is 2.84. The smallest absolute Gasteiger partial charge is 0.255 e. The van der Waals surface area contributed by atoms with Crippen LogP contribution in [0.1, 0.15) is 10.4 Å². The third-order valence-electron chi connectivity index (χ3n) is 3.08. The molecule has 0 unspecified atom stereocenters. The van der Waals surface area contributed by atoms with Crippen molar-refractivity contribution in [1.82, 2.24) is 0 Å². The Bertz CT molecular complexity index is 658. The van der Waals surface area contributed by atoms with Gasteiger partial charge in [-0.3, -0.25) is 4.79 Å². The minimum atomic E-state index is -0.193. The Morgan fingerprint density at radius 3 is 2.43 bits per heavy atom. The lowest BCUT2D eigenvalue weighted by Gasteiger charge is -2.09. The number of halogens is 1. The van der Waals surface area contributed by atoms with Gasteiger partial charge in [0.05, 0.1) is 18.2 Å². The molecule has 0 aliphatic rings. The summed E-state index contributed by atoms with van der Waals surface area (Å²) in [6.07, 6.45) is 0.